The molecule has 1 aliphatic rings. The number of primary amides is 1. The Morgan fingerprint density at radius 1 is 1.29 bits per heavy atom. The third-order valence-corrected chi connectivity index (χ3v) is 4.32. The van der Waals surface area contributed by atoms with Crippen LogP contribution in [0.25, 0.3) is 10.9 Å². The summed E-state index contributed by atoms with van der Waals surface area (Å²) in [5, 5.41) is 0.995. The predicted molar refractivity (Wildman–Crippen MR) is 93.6 cm³/mol. The molecule has 2 N–H and O–H groups in total. The van der Waals surface area contributed by atoms with E-state index in [-0.39, 0.29) is 11.8 Å². The highest BCUT2D eigenvalue weighted by atomic mass is 16.5. The lowest BCUT2D eigenvalue weighted by Gasteiger charge is -2.21. The first-order valence-electron chi connectivity index (χ1n) is 8.36. The van der Waals surface area contributed by atoms with Crippen LogP contribution in [0.5, 0.6) is 11.5 Å². The summed E-state index contributed by atoms with van der Waals surface area (Å²) < 4.78 is 11.4. The molecule has 0 aliphatic carbocycles. The molecule has 24 heavy (non-hydrogen) atoms. The lowest BCUT2D eigenvalue weighted by Crippen LogP contribution is -2.27. The van der Waals surface area contributed by atoms with E-state index in [0.717, 1.165) is 29.6 Å². The number of hydrogen-bond acceptors (Lipinski definition) is 5. The van der Waals surface area contributed by atoms with E-state index in [2.05, 4.69) is 9.88 Å². The molecule has 128 valence electrons. The fraction of sp³-hybridized carbons (Fsp3) is 0.444. The molecule has 0 spiro atoms. The second-order valence-electron chi connectivity index (χ2n) is 5.85. The number of hydrogen-bond donors (Lipinski definition) is 1. The van der Waals surface area contributed by atoms with Gasteiger partial charge in [0.2, 0.25) is 5.91 Å². The maximum Gasteiger partial charge on any atom is 0.222 e. The van der Waals surface area contributed by atoms with E-state index in [4.69, 9.17) is 15.2 Å². The minimum Gasteiger partial charge on any atom is -0.490 e. The zero-order valence-electron chi connectivity index (χ0n) is 14.1. The Balaban J connectivity index is 2.03. The zero-order valence-corrected chi connectivity index (χ0v) is 14.1. The molecule has 2 aromatic rings. The van der Waals surface area contributed by atoms with Crippen LogP contribution in [0.1, 0.15) is 20.3 Å². The van der Waals surface area contributed by atoms with E-state index in [9.17, 15) is 4.79 Å². The number of anilines is 1. The maximum atomic E-state index is 11.4. The third-order valence-electron chi connectivity index (χ3n) is 4.32. The molecule has 2 heterocycles. The highest BCUT2D eigenvalue weighted by Crippen LogP contribution is 2.37. The fourth-order valence-electron chi connectivity index (χ4n) is 3.16. The van der Waals surface area contributed by atoms with Crippen LogP contribution < -0.4 is 20.1 Å². The average molecular weight is 329 g/mol. The fourth-order valence-corrected chi connectivity index (χ4v) is 3.16. The first kappa shape index (κ1) is 16.4. The highest BCUT2D eigenvalue weighted by molar-refractivity contribution is 5.94. The summed E-state index contributed by atoms with van der Waals surface area (Å²) in [4.78, 5) is 18.1. The molecule has 1 aromatic carbocycles. The Hall–Kier alpha value is -2.50. The summed E-state index contributed by atoms with van der Waals surface area (Å²) in [5.41, 5.74) is 7.35. The molecule has 0 radical (unpaired) electrons. The van der Waals surface area contributed by atoms with Crippen LogP contribution in [0, 0.1) is 5.92 Å². The topological polar surface area (TPSA) is 77.7 Å². The first-order valence-corrected chi connectivity index (χ1v) is 8.36. The lowest BCUT2D eigenvalue weighted by molar-refractivity contribution is -0.121. The number of ether oxygens (including phenoxy) is 2. The van der Waals surface area contributed by atoms with Crippen molar-refractivity contribution in [1.82, 2.24) is 4.98 Å². The maximum absolute atomic E-state index is 11.4. The number of aromatic nitrogens is 1. The predicted octanol–water partition coefficient (Wildman–Crippen LogP) is 2.34. The first-order chi connectivity index (χ1) is 11.6. The molecule has 1 aliphatic heterocycles. The number of fused-ring (bicyclic) bond motifs is 1. The van der Waals surface area contributed by atoms with Gasteiger partial charge in [0.05, 0.1) is 24.6 Å². The molecule has 1 amide bonds. The molecule has 6 nitrogen and oxygen atoms in total. The minimum atomic E-state index is -0.232. The quantitative estimate of drug-likeness (QED) is 0.880. The Morgan fingerprint density at radius 3 is 2.62 bits per heavy atom. The van der Waals surface area contributed by atoms with Crippen LogP contribution in [0.2, 0.25) is 0 Å². The molecule has 3 rings (SSSR count). The number of nitrogens with zero attached hydrogens (tertiary/aromatic N) is 2. The van der Waals surface area contributed by atoms with Crippen molar-refractivity contribution in [3.8, 4) is 11.5 Å². The second-order valence-corrected chi connectivity index (χ2v) is 5.85. The molecule has 1 saturated heterocycles. The van der Waals surface area contributed by atoms with Gasteiger partial charge in [0.15, 0.2) is 11.5 Å². The van der Waals surface area contributed by atoms with Crippen LogP contribution in [0.15, 0.2) is 24.4 Å². The van der Waals surface area contributed by atoms with Crippen molar-refractivity contribution >= 4 is 22.5 Å². The zero-order chi connectivity index (χ0) is 17.1. The van der Waals surface area contributed by atoms with Gasteiger partial charge in [0.25, 0.3) is 0 Å². The molecule has 1 aromatic heterocycles. The number of carbonyl (C=O) groups excluding carboxylic acids is 1. The van der Waals surface area contributed by atoms with Crippen LogP contribution in [0.4, 0.5) is 5.69 Å². The molecule has 1 atom stereocenters. The van der Waals surface area contributed by atoms with Crippen molar-refractivity contribution in [2.45, 2.75) is 20.3 Å². The van der Waals surface area contributed by atoms with E-state index < -0.39 is 0 Å². The normalized spacial score (nSPS) is 17.2. The molecular formula is C18H23N3O3. The van der Waals surface area contributed by atoms with Gasteiger partial charge in [0, 0.05) is 36.4 Å². The molecular weight excluding hydrogens is 306 g/mol. The number of nitrogens with two attached hydrogens (primary N) is 1. The van der Waals surface area contributed by atoms with Gasteiger partial charge in [-0.25, -0.2) is 0 Å². The van der Waals surface area contributed by atoms with E-state index in [1.54, 1.807) is 6.20 Å². The van der Waals surface area contributed by atoms with Crippen LogP contribution in [-0.4, -0.2) is 37.2 Å². The smallest absolute Gasteiger partial charge is 0.222 e. The van der Waals surface area contributed by atoms with E-state index >= 15 is 0 Å². The van der Waals surface area contributed by atoms with Crippen LogP contribution in [0.3, 0.4) is 0 Å². The largest absolute Gasteiger partial charge is 0.490 e. The van der Waals surface area contributed by atoms with Gasteiger partial charge in [-0.3, -0.25) is 9.78 Å². The van der Waals surface area contributed by atoms with Crippen molar-refractivity contribution in [3.05, 3.63) is 24.4 Å². The summed E-state index contributed by atoms with van der Waals surface area (Å²) in [5.74, 6) is 1.09. The van der Waals surface area contributed by atoms with Crippen LogP contribution in [-0.2, 0) is 4.79 Å². The number of carbonyl (C=O) groups is 1. The van der Waals surface area contributed by atoms with E-state index in [0.29, 0.717) is 31.3 Å². The van der Waals surface area contributed by atoms with Crippen molar-refractivity contribution in [2.24, 2.45) is 11.7 Å². The SMILES string of the molecule is CCOc1cc2nccc(N3CC[C@@H](C(N)=O)C3)c2cc1OCC. The summed E-state index contributed by atoms with van der Waals surface area (Å²) in [6.07, 6.45) is 2.57. The number of rotatable bonds is 6. The van der Waals surface area contributed by atoms with Crippen LogP contribution >= 0.6 is 0 Å². The minimum absolute atomic E-state index is 0.0951. The summed E-state index contributed by atoms with van der Waals surface area (Å²) in [6, 6.07) is 5.86. The molecule has 0 bridgehead atoms. The van der Waals surface area contributed by atoms with Gasteiger partial charge in [-0.2, -0.15) is 0 Å². The second kappa shape index (κ2) is 6.95. The molecule has 0 saturated carbocycles. The third kappa shape index (κ3) is 3.09. The summed E-state index contributed by atoms with van der Waals surface area (Å²) in [7, 11) is 0. The van der Waals surface area contributed by atoms with Crippen molar-refractivity contribution in [3.63, 3.8) is 0 Å². The van der Waals surface area contributed by atoms with Crippen molar-refractivity contribution in [2.75, 3.05) is 31.2 Å². The Morgan fingerprint density at radius 2 is 2.00 bits per heavy atom. The Kier molecular flexibility index (Phi) is 4.74. The van der Waals surface area contributed by atoms with Gasteiger partial charge in [-0.15, -0.1) is 0 Å². The summed E-state index contributed by atoms with van der Waals surface area (Å²) >= 11 is 0. The summed E-state index contributed by atoms with van der Waals surface area (Å²) in [6.45, 7) is 6.47. The van der Waals surface area contributed by atoms with Crippen molar-refractivity contribution < 1.29 is 14.3 Å². The Bertz CT molecular complexity index is 748. The van der Waals surface area contributed by atoms with Gasteiger partial charge in [-0.1, -0.05) is 0 Å². The Labute approximate surface area is 141 Å². The monoisotopic (exact) mass is 329 g/mol. The molecule has 0 unspecified atom stereocenters. The molecule has 1 fully saturated rings. The van der Waals surface area contributed by atoms with Gasteiger partial charge in [0.1, 0.15) is 0 Å². The highest BCUT2D eigenvalue weighted by Gasteiger charge is 2.28. The lowest BCUT2D eigenvalue weighted by atomic mass is 10.1. The average Bonchev–Trinajstić information content (AvgIpc) is 3.05. The van der Waals surface area contributed by atoms with E-state index in [1.165, 1.54) is 0 Å². The standard InChI is InChI=1S/C18H23N3O3/c1-3-23-16-9-13-14(10-17(16)24-4-2)20-7-5-15(13)21-8-6-12(11-21)18(19)22/h5,7,9-10,12H,3-4,6,8,11H2,1-2H3,(H2,19,22)/t12-/m1/s1. The molecule has 6 heteroatoms. The van der Waals surface area contributed by atoms with Crippen molar-refractivity contribution in [1.29, 1.82) is 0 Å². The number of amides is 1. The van der Waals surface area contributed by atoms with Gasteiger partial charge < -0.3 is 20.1 Å². The van der Waals surface area contributed by atoms with Gasteiger partial charge in [-0.05, 0) is 32.4 Å². The van der Waals surface area contributed by atoms with E-state index in [1.807, 2.05) is 32.0 Å². The number of pyridine rings is 1. The number of benzene rings is 1. The van der Waals surface area contributed by atoms with Gasteiger partial charge >= 0.3 is 0 Å².